The van der Waals surface area contributed by atoms with Crippen LogP contribution >= 0.6 is 0 Å². The molecule has 118 valence electrons. The number of hydrogen-bond donors (Lipinski definition) is 3. The highest BCUT2D eigenvalue weighted by Gasteiger charge is 2.13. The molecule has 0 aliphatic heterocycles. The van der Waals surface area contributed by atoms with Crippen LogP contribution in [0.1, 0.15) is 23.0 Å². The van der Waals surface area contributed by atoms with E-state index in [0.29, 0.717) is 24.6 Å². The molecule has 0 aliphatic rings. The van der Waals surface area contributed by atoms with Crippen LogP contribution in [0.15, 0.2) is 29.6 Å². The van der Waals surface area contributed by atoms with Crippen molar-refractivity contribution in [2.24, 2.45) is 16.7 Å². The first kappa shape index (κ1) is 15.7. The van der Waals surface area contributed by atoms with Crippen molar-refractivity contribution in [1.82, 2.24) is 14.9 Å². The molecule has 0 spiro atoms. The van der Waals surface area contributed by atoms with Gasteiger partial charge in [-0.05, 0) is 24.6 Å². The zero-order valence-corrected chi connectivity index (χ0v) is 12.2. The second-order valence-electron chi connectivity index (χ2n) is 4.35. The Labute approximate surface area is 126 Å². The normalized spacial score (nSPS) is 11.6. The Morgan fingerprint density at radius 2 is 2.36 bits per heavy atom. The Kier molecular flexibility index (Phi) is 5.28. The van der Waals surface area contributed by atoms with Crippen LogP contribution in [0.5, 0.6) is 0 Å². The quantitative estimate of drug-likeness (QED) is 0.212. The van der Waals surface area contributed by atoms with Crippen molar-refractivity contribution >= 4 is 17.5 Å². The van der Waals surface area contributed by atoms with Crippen molar-refractivity contribution in [3.8, 4) is 0 Å². The SMILES string of the molecule is CCOC(=O)c1cnc2cc(COC/C(N)=N/NN)ccn12. The van der Waals surface area contributed by atoms with Gasteiger partial charge in [-0.1, -0.05) is 0 Å². The van der Waals surface area contributed by atoms with Gasteiger partial charge in [-0.3, -0.25) is 4.40 Å². The molecule has 0 aliphatic carbocycles. The summed E-state index contributed by atoms with van der Waals surface area (Å²) >= 11 is 0. The van der Waals surface area contributed by atoms with Gasteiger partial charge in [0.05, 0.1) is 19.4 Å². The summed E-state index contributed by atoms with van der Waals surface area (Å²) in [4.78, 5) is 15.9. The maximum absolute atomic E-state index is 11.8. The molecule has 0 aromatic carbocycles. The summed E-state index contributed by atoms with van der Waals surface area (Å²) in [5, 5.41) is 3.58. The van der Waals surface area contributed by atoms with Crippen molar-refractivity contribution in [2.75, 3.05) is 13.2 Å². The second kappa shape index (κ2) is 7.38. The molecule has 9 heteroatoms. The molecule has 0 atom stereocenters. The topological polar surface area (TPSA) is 129 Å². The first-order valence-corrected chi connectivity index (χ1v) is 6.64. The van der Waals surface area contributed by atoms with Gasteiger partial charge in [-0.25, -0.2) is 21.2 Å². The number of ether oxygens (including phenoxy) is 2. The molecule has 0 amide bonds. The minimum Gasteiger partial charge on any atom is -0.461 e. The lowest BCUT2D eigenvalue weighted by molar-refractivity contribution is 0.0518. The van der Waals surface area contributed by atoms with Crippen molar-refractivity contribution in [3.63, 3.8) is 0 Å². The van der Waals surface area contributed by atoms with Crippen LogP contribution < -0.4 is 17.1 Å². The van der Waals surface area contributed by atoms with E-state index in [-0.39, 0.29) is 12.4 Å². The fourth-order valence-electron chi connectivity index (χ4n) is 1.86. The fraction of sp³-hybridized carbons (Fsp3) is 0.308. The zero-order valence-electron chi connectivity index (χ0n) is 12.2. The van der Waals surface area contributed by atoms with Crippen LogP contribution in [0.25, 0.3) is 5.65 Å². The third-order valence-corrected chi connectivity index (χ3v) is 2.79. The number of amidine groups is 1. The lowest BCUT2D eigenvalue weighted by Crippen LogP contribution is -2.25. The minimum atomic E-state index is -0.405. The number of nitrogens with two attached hydrogens (primary N) is 2. The van der Waals surface area contributed by atoms with Gasteiger partial charge in [-0.15, -0.1) is 5.10 Å². The molecular weight excluding hydrogens is 288 g/mol. The Morgan fingerprint density at radius 1 is 1.55 bits per heavy atom. The summed E-state index contributed by atoms with van der Waals surface area (Å²) in [5.41, 5.74) is 9.52. The first-order chi connectivity index (χ1) is 10.7. The van der Waals surface area contributed by atoms with E-state index in [1.807, 2.05) is 12.1 Å². The van der Waals surface area contributed by atoms with Crippen LogP contribution in [0, 0.1) is 0 Å². The van der Waals surface area contributed by atoms with Crippen molar-refractivity contribution < 1.29 is 14.3 Å². The molecule has 2 rings (SSSR count). The van der Waals surface area contributed by atoms with Gasteiger partial charge in [0.25, 0.3) is 0 Å². The summed E-state index contributed by atoms with van der Waals surface area (Å²) in [7, 11) is 0. The van der Waals surface area contributed by atoms with Crippen molar-refractivity contribution in [3.05, 3.63) is 35.8 Å². The summed E-state index contributed by atoms with van der Waals surface area (Å²) < 4.78 is 12.0. The van der Waals surface area contributed by atoms with Gasteiger partial charge >= 0.3 is 5.97 Å². The Hall–Kier alpha value is -2.65. The molecule has 22 heavy (non-hydrogen) atoms. The number of pyridine rings is 1. The maximum atomic E-state index is 11.8. The van der Waals surface area contributed by atoms with E-state index in [4.69, 9.17) is 21.1 Å². The monoisotopic (exact) mass is 306 g/mol. The highest BCUT2D eigenvalue weighted by atomic mass is 16.5. The number of esters is 1. The van der Waals surface area contributed by atoms with Gasteiger partial charge < -0.3 is 15.2 Å². The average molecular weight is 306 g/mol. The van der Waals surface area contributed by atoms with Gasteiger partial charge in [-0.2, -0.15) is 0 Å². The summed E-state index contributed by atoms with van der Waals surface area (Å²) in [6, 6.07) is 3.64. The molecule has 0 saturated heterocycles. The number of imidazole rings is 1. The molecule has 5 N–H and O–H groups in total. The van der Waals surface area contributed by atoms with Gasteiger partial charge in [0.2, 0.25) is 0 Å². The Bertz CT molecular complexity index is 681. The van der Waals surface area contributed by atoms with E-state index in [1.54, 1.807) is 17.5 Å². The molecule has 0 fully saturated rings. The number of nitrogens with one attached hydrogen (secondary N) is 1. The fourth-order valence-corrected chi connectivity index (χ4v) is 1.86. The number of hydrogen-bond acceptors (Lipinski definition) is 7. The van der Waals surface area contributed by atoms with E-state index >= 15 is 0 Å². The number of fused-ring (bicyclic) bond motifs is 1. The molecule has 0 bridgehead atoms. The number of rotatable bonds is 7. The van der Waals surface area contributed by atoms with Crippen LogP contribution in [-0.4, -0.2) is 34.4 Å². The summed E-state index contributed by atoms with van der Waals surface area (Å²) in [6.07, 6.45) is 3.22. The standard InChI is InChI=1S/C13H18N6O3/c1-2-22-13(20)10-6-16-12-5-9(3-4-19(10)12)7-21-8-11(14)17-18-15/h3-6,18H,2,7-8,15H2,1H3,(H2,14,17). The first-order valence-electron chi connectivity index (χ1n) is 6.64. The third kappa shape index (κ3) is 3.71. The lowest BCUT2D eigenvalue weighted by atomic mass is 10.3. The summed E-state index contributed by atoms with van der Waals surface area (Å²) in [5.74, 6) is 4.84. The number of hydrazine groups is 1. The van der Waals surface area contributed by atoms with E-state index < -0.39 is 5.97 Å². The molecular formula is C13H18N6O3. The van der Waals surface area contributed by atoms with Gasteiger partial charge in [0, 0.05) is 6.20 Å². The predicted molar refractivity (Wildman–Crippen MR) is 79.8 cm³/mol. The zero-order chi connectivity index (χ0) is 15.9. The molecule has 0 saturated carbocycles. The van der Waals surface area contributed by atoms with E-state index in [2.05, 4.69) is 15.6 Å². The number of aromatic nitrogens is 2. The maximum Gasteiger partial charge on any atom is 0.356 e. The third-order valence-electron chi connectivity index (χ3n) is 2.79. The highest BCUT2D eigenvalue weighted by Crippen LogP contribution is 2.11. The molecule has 2 aromatic heterocycles. The molecule has 0 radical (unpaired) electrons. The molecule has 9 nitrogen and oxygen atoms in total. The van der Waals surface area contributed by atoms with E-state index in [9.17, 15) is 4.79 Å². The van der Waals surface area contributed by atoms with E-state index in [1.165, 1.54) is 6.20 Å². The van der Waals surface area contributed by atoms with Gasteiger partial charge in [0.1, 0.15) is 18.1 Å². The second-order valence-corrected chi connectivity index (χ2v) is 4.35. The van der Waals surface area contributed by atoms with Crippen LogP contribution in [0.4, 0.5) is 0 Å². The van der Waals surface area contributed by atoms with E-state index in [0.717, 1.165) is 5.56 Å². The minimum absolute atomic E-state index is 0.151. The van der Waals surface area contributed by atoms with Crippen LogP contribution in [0.3, 0.4) is 0 Å². The predicted octanol–water partition coefficient (Wildman–Crippen LogP) is -0.237. The van der Waals surface area contributed by atoms with Crippen molar-refractivity contribution in [2.45, 2.75) is 13.5 Å². The number of carbonyl (C=O) groups is 1. The highest BCUT2D eigenvalue weighted by molar-refractivity contribution is 5.88. The van der Waals surface area contributed by atoms with Crippen LogP contribution in [-0.2, 0) is 16.1 Å². The largest absolute Gasteiger partial charge is 0.461 e. The van der Waals surface area contributed by atoms with Crippen molar-refractivity contribution in [1.29, 1.82) is 0 Å². The van der Waals surface area contributed by atoms with Crippen LogP contribution in [0.2, 0.25) is 0 Å². The number of hydrazone groups is 1. The van der Waals surface area contributed by atoms with Gasteiger partial charge in [0.15, 0.2) is 5.69 Å². The number of nitrogens with zero attached hydrogens (tertiary/aromatic N) is 3. The molecule has 0 unspecified atom stereocenters. The lowest BCUT2D eigenvalue weighted by Gasteiger charge is -2.05. The number of carbonyl (C=O) groups excluding carboxylic acids is 1. The molecule has 2 aromatic rings. The Balaban J connectivity index is 2.05. The summed E-state index contributed by atoms with van der Waals surface area (Å²) in [6.45, 7) is 2.56. The molecule has 2 heterocycles. The Morgan fingerprint density at radius 3 is 3.09 bits per heavy atom. The average Bonchev–Trinajstić information content (AvgIpc) is 2.91. The smallest absolute Gasteiger partial charge is 0.356 e.